The number of carboxylic acid groups (broad SMARTS) is 1. The van der Waals surface area contributed by atoms with Gasteiger partial charge in [-0.25, -0.2) is 0 Å². The lowest BCUT2D eigenvalue weighted by Crippen LogP contribution is -2.49. The number of hydrogen-bond donors (Lipinski definition) is 3. The van der Waals surface area contributed by atoms with Gasteiger partial charge >= 0.3 is 5.97 Å². The van der Waals surface area contributed by atoms with Gasteiger partial charge in [0.2, 0.25) is 5.82 Å². The molecule has 2 fully saturated rings. The van der Waals surface area contributed by atoms with Gasteiger partial charge in [-0.1, -0.05) is 24.3 Å². The zero-order valence-electron chi connectivity index (χ0n) is 15.9. The fourth-order valence-corrected chi connectivity index (χ4v) is 6.19. The minimum Gasteiger partial charge on any atom is -0.480 e. The molecule has 1 saturated heterocycles. The number of fused-ring (bicyclic) bond motifs is 2. The van der Waals surface area contributed by atoms with Crippen molar-refractivity contribution in [2.45, 2.75) is 41.9 Å². The minimum absolute atomic E-state index is 0.407. The molecule has 1 aliphatic heterocycles. The number of carbonyl (C=O) groups is 1. The van der Waals surface area contributed by atoms with Crippen LogP contribution in [0.3, 0.4) is 0 Å². The fraction of sp³-hybridized carbons (Fsp3) is 0.429. The predicted molar refractivity (Wildman–Crippen MR) is 112 cm³/mol. The summed E-state index contributed by atoms with van der Waals surface area (Å²) in [5.41, 5.74) is 0.998. The smallest absolute Gasteiger partial charge is 0.320 e. The number of tetrazole rings is 1. The Hall–Kier alpha value is -2.45. The molecule has 2 unspecified atom stereocenters. The number of rotatable bonds is 4. The van der Waals surface area contributed by atoms with E-state index in [-0.39, 0.29) is 0 Å². The van der Waals surface area contributed by atoms with Crippen LogP contribution in [0.5, 0.6) is 0 Å². The Balaban J connectivity index is 1.41. The van der Waals surface area contributed by atoms with E-state index < -0.39 is 12.0 Å². The van der Waals surface area contributed by atoms with Crippen LogP contribution in [0.25, 0.3) is 22.2 Å². The van der Waals surface area contributed by atoms with Crippen molar-refractivity contribution in [2.24, 2.45) is 11.8 Å². The van der Waals surface area contributed by atoms with E-state index in [1.165, 1.54) is 5.39 Å². The van der Waals surface area contributed by atoms with Crippen molar-refractivity contribution in [2.75, 3.05) is 6.54 Å². The maximum atomic E-state index is 11.4. The van der Waals surface area contributed by atoms with Gasteiger partial charge < -0.3 is 10.4 Å². The van der Waals surface area contributed by atoms with Gasteiger partial charge in [-0.15, -0.1) is 22.0 Å². The zero-order chi connectivity index (χ0) is 19.8. The van der Waals surface area contributed by atoms with E-state index in [0.29, 0.717) is 22.9 Å². The van der Waals surface area contributed by atoms with E-state index in [1.807, 2.05) is 17.8 Å². The van der Waals surface area contributed by atoms with Gasteiger partial charge in [-0.3, -0.25) is 4.79 Å². The van der Waals surface area contributed by atoms with Crippen LogP contribution in [0, 0.1) is 11.8 Å². The monoisotopic (exact) mass is 409 g/mol. The summed E-state index contributed by atoms with van der Waals surface area (Å²) in [6.45, 7) is 0.823. The molecule has 1 aromatic heterocycles. The van der Waals surface area contributed by atoms with Crippen LogP contribution >= 0.6 is 11.8 Å². The molecule has 29 heavy (non-hydrogen) atoms. The van der Waals surface area contributed by atoms with E-state index in [0.717, 1.165) is 48.1 Å². The molecule has 5 rings (SSSR count). The lowest BCUT2D eigenvalue weighted by atomic mass is 9.73. The summed E-state index contributed by atoms with van der Waals surface area (Å²) in [6, 6.07) is 12.3. The Morgan fingerprint density at radius 1 is 1.10 bits per heavy atom. The molecular formula is C21H23N5O2S. The van der Waals surface area contributed by atoms with E-state index in [4.69, 9.17) is 0 Å². The Labute approximate surface area is 172 Å². The number of benzene rings is 2. The van der Waals surface area contributed by atoms with Crippen molar-refractivity contribution in [3.63, 3.8) is 0 Å². The van der Waals surface area contributed by atoms with Crippen molar-refractivity contribution in [1.29, 1.82) is 0 Å². The molecule has 0 radical (unpaired) electrons. The predicted octanol–water partition coefficient (Wildman–Crippen LogP) is 3.34. The van der Waals surface area contributed by atoms with Gasteiger partial charge in [0.15, 0.2) is 0 Å². The van der Waals surface area contributed by atoms with Gasteiger partial charge in [0, 0.05) is 15.7 Å². The van der Waals surface area contributed by atoms with Crippen LogP contribution < -0.4 is 5.32 Å². The molecule has 8 heteroatoms. The second-order valence-electron chi connectivity index (χ2n) is 8.04. The first kappa shape index (κ1) is 18.6. The first-order valence-corrected chi connectivity index (χ1v) is 10.9. The van der Waals surface area contributed by atoms with Crippen molar-refractivity contribution in [1.82, 2.24) is 25.9 Å². The van der Waals surface area contributed by atoms with Crippen LogP contribution in [0.1, 0.15) is 25.7 Å². The van der Waals surface area contributed by atoms with Gasteiger partial charge in [-0.2, -0.15) is 5.21 Å². The number of H-pyrrole nitrogens is 1. The summed E-state index contributed by atoms with van der Waals surface area (Å²) in [5.74, 6) is 0.945. The highest BCUT2D eigenvalue weighted by Gasteiger charge is 2.38. The first-order valence-electron chi connectivity index (χ1n) is 10.1. The van der Waals surface area contributed by atoms with Crippen LogP contribution in [-0.2, 0) is 4.79 Å². The molecule has 1 saturated carbocycles. The molecule has 150 valence electrons. The largest absolute Gasteiger partial charge is 0.480 e. The molecule has 2 aliphatic rings. The van der Waals surface area contributed by atoms with E-state index in [2.05, 4.69) is 56.3 Å². The molecule has 1 aliphatic carbocycles. The van der Waals surface area contributed by atoms with Crippen LogP contribution in [0.15, 0.2) is 41.3 Å². The highest BCUT2D eigenvalue weighted by Crippen LogP contribution is 2.44. The van der Waals surface area contributed by atoms with E-state index >= 15 is 0 Å². The number of aliphatic carboxylic acids is 1. The van der Waals surface area contributed by atoms with Gasteiger partial charge in [0.25, 0.3) is 0 Å². The summed E-state index contributed by atoms with van der Waals surface area (Å²) >= 11 is 1.88. The Morgan fingerprint density at radius 3 is 2.69 bits per heavy atom. The molecule has 7 nitrogen and oxygen atoms in total. The normalized spacial score (nSPS) is 26.9. The highest BCUT2D eigenvalue weighted by atomic mass is 32.2. The number of nitrogens with zero attached hydrogens (tertiary/aromatic N) is 3. The standard InChI is InChI=1S/C21H23N5O2S/c27-21(28)18-9-15-7-16(6-5-14(15)11-22-18)29-19-10-13-4-2-1-3-12(13)8-17(19)20-23-25-26-24-20/h1-4,8,10,14-16,18,22H,5-7,9,11H2,(H,27,28)(H,23,24,25,26)/t14?,15?,16-,18-/m0/s1. The average molecular weight is 410 g/mol. The number of thioether (sulfide) groups is 1. The van der Waals surface area contributed by atoms with Gasteiger partial charge in [-0.05, 0) is 72.2 Å². The summed E-state index contributed by atoms with van der Waals surface area (Å²) in [4.78, 5) is 12.6. The van der Waals surface area contributed by atoms with E-state index in [9.17, 15) is 9.90 Å². The third-order valence-electron chi connectivity index (χ3n) is 6.28. The quantitative estimate of drug-likeness (QED) is 0.607. The topological polar surface area (TPSA) is 104 Å². The molecule has 0 bridgehead atoms. The van der Waals surface area contributed by atoms with Crippen LogP contribution in [-0.4, -0.2) is 49.5 Å². The second kappa shape index (κ2) is 7.76. The van der Waals surface area contributed by atoms with Crippen molar-refractivity contribution in [3.05, 3.63) is 36.4 Å². The molecular weight excluding hydrogens is 386 g/mol. The van der Waals surface area contributed by atoms with Gasteiger partial charge in [0.05, 0.1) is 0 Å². The maximum Gasteiger partial charge on any atom is 0.320 e. The summed E-state index contributed by atoms with van der Waals surface area (Å²) < 4.78 is 0. The number of nitrogens with one attached hydrogen (secondary N) is 2. The lowest BCUT2D eigenvalue weighted by Gasteiger charge is -2.41. The average Bonchev–Trinajstić information content (AvgIpc) is 3.27. The number of piperidine rings is 1. The fourth-order valence-electron chi connectivity index (χ4n) is 4.76. The van der Waals surface area contributed by atoms with Crippen LogP contribution in [0.2, 0.25) is 0 Å². The molecule has 3 aromatic rings. The minimum atomic E-state index is -0.729. The highest BCUT2D eigenvalue weighted by molar-refractivity contribution is 8.00. The van der Waals surface area contributed by atoms with Crippen LogP contribution in [0.4, 0.5) is 0 Å². The lowest BCUT2D eigenvalue weighted by molar-refractivity contribution is -0.141. The number of hydrogen-bond acceptors (Lipinski definition) is 6. The summed E-state index contributed by atoms with van der Waals surface area (Å²) in [7, 11) is 0. The number of carboxylic acids is 1. The van der Waals surface area contributed by atoms with Crippen molar-refractivity contribution >= 4 is 28.5 Å². The molecule has 3 N–H and O–H groups in total. The summed E-state index contributed by atoms with van der Waals surface area (Å²) in [5, 5.41) is 30.1. The Morgan fingerprint density at radius 2 is 1.93 bits per heavy atom. The second-order valence-corrected chi connectivity index (χ2v) is 9.38. The van der Waals surface area contributed by atoms with Gasteiger partial charge in [0.1, 0.15) is 6.04 Å². The number of aromatic nitrogens is 4. The molecule has 4 atom stereocenters. The van der Waals surface area contributed by atoms with E-state index in [1.54, 1.807) is 0 Å². The Bertz CT molecular complexity index is 1030. The molecule has 0 amide bonds. The number of aromatic amines is 1. The summed E-state index contributed by atoms with van der Waals surface area (Å²) in [6.07, 6.45) is 4.07. The zero-order valence-corrected chi connectivity index (χ0v) is 16.7. The first-order chi connectivity index (χ1) is 14.2. The molecule has 0 spiro atoms. The Kier molecular flexibility index (Phi) is 4.97. The molecule has 2 aromatic carbocycles. The van der Waals surface area contributed by atoms with Crippen molar-refractivity contribution < 1.29 is 9.90 Å². The third-order valence-corrected chi connectivity index (χ3v) is 7.64. The third kappa shape index (κ3) is 3.74. The maximum absolute atomic E-state index is 11.4. The van der Waals surface area contributed by atoms with Crippen molar-refractivity contribution in [3.8, 4) is 11.4 Å². The SMILES string of the molecule is O=C(O)[C@@H]1CC2C[C@@H](Sc3cc4ccccc4cc3-c3nn[nH]n3)CCC2CN1. The molecule has 2 heterocycles.